The molecule has 1 atom stereocenters. The van der Waals surface area contributed by atoms with Gasteiger partial charge in [0.2, 0.25) is 5.82 Å². The van der Waals surface area contributed by atoms with Crippen LogP contribution in [0.1, 0.15) is 51.2 Å². The molecular weight excluding hydrogens is 486 g/mol. The van der Waals surface area contributed by atoms with E-state index < -0.39 is 18.1 Å². The molecule has 0 fully saturated rings. The van der Waals surface area contributed by atoms with Crippen molar-refractivity contribution in [1.29, 1.82) is 0 Å². The van der Waals surface area contributed by atoms with E-state index in [1.807, 2.05) is 61.5 Å². The summed E-state index contributed by atoms with van der Waals surface area (Å²) in [5.74, 6) is -1.28. The first-order valence-corrected chi connectivity index (χ1v) is 12.1. The summed E-state index contributed by atoms with van der Waals surface area (Å²) in [6.07, 6.45) is -0.328. The highest BCUT2D eigenvalue weighted by Gasteiger charge is 2.33. The third-order valence-corrected chi connectivity index (χ3v) is 7.03. The van der Waals surface area contributed by atoms with Gasteiger partial charge >= 0.3 is 5.97 Å². The zero-order valence-corrected chi connectivity index (χ0v) is 20.2. The fourth-order valence-corrected chi connectivity index (χ4v) is 5.07. The Balaban J connectivity index is 1.66. The Morgan fingerprint density at radius 3 is 2.57 bits per heavy atom. The van der Waals surface area contributed by atoms with Gasteiger partial charge in [-0.1, -0.05) is 67.1 Å². The van der Waals surface area contributed by atoms with E-state index in [2.05, 4.69) is 10.1 Å². The maximum Gasteiger partial charge on any atom is 0.312 e. The SMILES string of the molecule is CCc1cc2c(s1)-n1nc(C(N)=O)nc1C(OC(=O)Cc1ccccc1)N=C2c1ccccc1Cl. The number of aromatic nitrogens is 3. The maximum absolute atomic E-state index is 12.9. The van der Waals surface area contributed by atoms with E-state index in [0.29, 0.717) is 21.3 Å². The van der Waals surface area contributed by atoms with E-state index in [1.54, 1.807) is 6.07 Å². The first-order valence-electron chi connectivity index (χ1n) is 10.9. The second kappa shape index (κ2) is 9.44. The van der Waals surface area contributed by atoms with Crippen molar-refractivity contribution in [2.45, 2.75) is 26.0 Å². The van der Waals surface area contributed by atoms with E-state index in [9.17, 15) is 9.59 Å². The number of esters is 1. The third kappa shape index (κ3) is 4.48. The van der Waals surface area contributed by atoms with Crippen LogP contribution in [-0.2, 0) is 22.4 Å². The van der Waals surface area contributed by atoms with Crippen molar-refractivity contribution in [2.75, 3.05) is 0 Å². The number of aliphatic imine (C=N–C) groups is 1. The summed E-state index contributed by atoms with van der Waals surface area (Å²) in [4.78, 5) is 35.0. The lowest BCUT2D eigenvalue weighted by molar-refractivity contribution is -0.148. The van der Waals surface area contributed by atoms with Crippen molar-refractivity contribution in [3.8, 4) is 5.00 Å². The summed E-state index contributed by atoms with van der Waals surface area (Å²) >= 11 is 8.03. The number of aryl methyl sites for hydroxylation is 1. The summed E-state index contributed by atoms with van der Waals surface area (Å²) in [7, 11) is 0. The van der Waals surface area contributed by atoms with Crippen LogP contribution in [0.15, 0.2) is 65.7 Å². The van der Waals surface area contributed by atoms with Gasteiger partial charge in [0.1, 0.15) is 5.00 Å². The number of carbonyl (C=O) groups excluding carboxylic acids is 2. The molecule has 8 nitrogen and oxygen atoms in total. The number of amides is 1. The molecule has 2 aromatic heterocycles. The Hall–Kier alpha value is -3.82. The normalized spacial score (nSPS) is 14.5. The first-order chi connectivity index (χ1) is 16.9. The predicted molar refractivity (Wildman–Crippen MR) is 133 cm³/mol. The third-order valence-electron chi connectivity index (χ3n) is 5.44. The van der Waals surface area contributed by atoms with E-state index in [1.165, 1.54) is 16.0 Å². The Labute approximate surface area is 210 Å². The molecule has 0 saturated carbocycles. The quantitative estimate of drug-likeness (QED) is 0.393. The summed E-state index contributed by atoms with van der Waals surface area (Å²) in [5.41, 5.74) is 8.25. The Bertz CT molecular complexity index is 1460. The Kier molecular flexibility index (Phi) is 6.19. The molecule has 0 aliphatic carbocycles. The van der Waals surface area contributed by atoms with Crippen LogP contribution in [0.2, 0.25) is 5.02 Å². The molecular formula is C25H20ClN5O3S. The first kappa shape index (κ1) is 22.9. The number of nitrogens with zero attached hydrogens (tertiary/aromatic N) is 4. The Morgan fingerprint density at radius 1 is 1.11 bits per heavy atom. The van der Waals surface area contributed by atoms with Gasteiger partial charge in [0.25, 0.3) is 12.1 Å². The number of primary amides is 1. The molecule has 5 rings (SSSR count). The highest BCUT2D eigenvalue weighted by Crippen LogP contribution is 2.37. The molecule has 0 saturated heterocycles. The molecule has 1 aliphatic rings. The minimum absolute atomic E-state index is 0.0485. The molecule has 4 aromatic rings. The number of hydrogen-bond donors (Lipinski definition) is 1. The number of thiophene rings is 1. The fraction of sp³-hybridized carbons (Fsp3) is 0.160. The molecule has 2 N–H and O–H groups in total. The highest BCUT2D eigenvalue weighted by molar-refractivity contribution is 7.15. The smallest absolute Gasteiger partial charge is 0.312 e. The highest BCUT2D eigenvalue weighted by atomic mass is 35.5. The van der Waals surface area contributed by atoms with Crippen LogP contribution in [0.4, 0.5) is 0 Å². The molecule has 35 heavy (non-hydrogen) atoms. The number of halogens is 1. The molecule has 2 aromatic carbocycles. The van der Waals surface area contributed by atoms with Crippen LogP contribution in [0.3, 0.4) is 0 Å². The van der Waals surface area contributed by atoms with E-state index in [0.717, 1.165) is 22.4 Å². The van der Waals surface area contributed by atoms with Crippen LogP contribution in [0, 0.1) is 0 Å². The zero-order valence-electron chi connectivity index (χ0n) is 18.6. The summed E-state index contributed by atoms with van der Waals surface area (Å²) in [5, 5.41) is 5.53. The average molecular weight is 506 g/mol. The van der Waals surface area contributed by atoms with Crippen molar-refractivity contribution >= 4 is 40.5 Å². The van der Waals surface area contributed by atoms with Gasteiger partial charge in [-0.15, -0.1) is 16.4 Å². The lowest BCUT2D eigenvalue weighted by atomic mass is 10.0. The molecule has 10 heteroatoms. The lowest BCUT2D eigenvalue weighted by Gasteiger charge is -2.14. The zero-order chi connectivity index (χ0) is 24.5. The summed E-state index contributed by atoms with van der Waals surface area (Å²) in [6.45, 7) is 2.04. The molecule has 1 unspecified atom stereocenters. The molecule has 3 heterocycles. The topological polar surface area (TPSA) is 112 Å². The monoisotopic (exact) mass is 505 g/mol. The minimum atomic E-state index is -1.16. The van der Waals surface area contributed by atoms with Gasteiger partial charge in [-0.2, -0.15) is 0 Å². The fourth-order valence-electron chi connectivity index (χ4n) is 3.79. The molecule has 0 radical (unpaired) electrons. The van der Waals surface area contributed by atoms with Gasteiger partial charge in [0.15, 0.2) is 5.82 Å². The second-order valence-corrected chi connectivity index (χ2v) is 9.34. The van der Waals surface area contributed by atoms with Gasteiger partial charge in [0, 0.05) is 21.0 Å². The molecule has 176 valence electrons. The number of nitrogens with two attached hydrogens (primary N) is 1. The van der Waals surface area contributed by atoms with Crippen LogP contribution in [0.5, 0.6) is 0 Å². The molecule has 1 aliphatic heterocycles. The van der Waals surface area contributed by atoms with Gasteiger partial charge in [-0.3, -0.25) is 9.59 Å². The number of rotatable bonds is 6. The van der Waals surface area contributed by atoms with Crippen LogP contribution >= 0.6 is 22.9 Å². The number of fused-ring (bicyclic) bond motifs is 3. The van der Waals surface area contributed by atoms with Gasteiger partial charge in [-0.25, -0.2) is 14.7 Å². The molecule has 0 bridgehead atoms. The number of benzene rings is 2. The number of ether oxygens (including phenoxy) is 1. The van der Waals surface area contributed by atoms with E-state index in [-0.39, 0.29) is 18.1 Å². The number of carbonyl (C=O) groups is 2. The van der Waals surface area contributed by atoms with Gasteiger partial charge < -0.3 is 10.5 Å². The Morgan fingerprint density at radius 2 is 1.86 bits per heavy atom. The van der Waals surface area contributed by atoms with Crippen LogP contribution in [-0.4, -0.2) is 32.4 Å². The van der Waals surface area contributed by atoms with Crippen molar-refractivity contribution in [3.05, 3.63) is 98.9 Å². The maximum atomic E-state index is 12.9. The van der Waals surface area contributed by atoms with E-state index >= 15 is 0 Å². The van der Waals surface area contributed by atoms with Crippen molar-refractivity contribution < 1.29 is 14.3 Å². The van der Waals surface area contributed by atoms with Crippen molar-refractivity contribution in [2.24, 2.45) is 10.7 Å². The predicted octanol–water partition coefficient (Wildman–Crippen LogP) is 4.28. The van der Waals surface area contributed by atoms with Crippen LogP contribution in [0.25, 0.3) is 5.00 Å². The van der Waals surface area contributed by atoms with E-state index in [4.69, 9.17) is 27.1 Å². The van der Waals surface area contributed by atoms with Gasteiger partial charge in [-0.05, 0) is 24.1 Å². The van der Waals surface area contributed by atoms with Crippen molar-refractivity contribution in [1.82, 2.24) is 14.8 Å². The summed E-state index contributed by atoms with van der Waals surface area (Å²) < 4.78 is 7.30. The lowest BCUT2D eigenvalue weighted by Crippen LogP contribution is -2.16. The minimum Gasteiger partial charge on any atom is -0.432 e. The second-order valence-electron chi connectivity index (χ2n) is 7.82. The summed E-state index contributed by atoms with van der Waals surface area (Å²) in [6, 6.07) is 18.6. The molecule has 1 amide bonds. The molecule has 0 spiro atoms. The average Bonchev–Trinajstić information content (AvgIpc) is 3.45. The van der Waals surface area contributed by atoms with Crippen LogP contribution < -0.4 is 5.73 Å². The largest absolute Gasteiger partial charge is 0.432 e. The number of hydrogen-bond acceptors (Lipinski definition) is 7. The van der Waals surface area contributed by atoms with Gasteiger partial charge in [0.05, 0.1) is 12.1 Å². The standard InChI is InChI=1S/C25H20ClN5O3S/c1-2-15-13-17-20(16-10-6-7-11-18(16)26)28-24(34-19(32)12-14-8-4-3-5-9-14)23-29-22(21(27)33)30-31(23)25(17)35-15/h3-11,13,24H,2,12H2,1H3,(H2,27,33). The van der Waals surface area contributed by atoms with Crippen molar-refractivity contribution in [3.63, 3.8) is 0 Å².